The Labute approximate surface area is 201 Å². The van der Waals surface area contributed by atoms with Crippen molar-refractivity contribution in [3.05, 3.63) is 87.4 Å². The molecular formula is C22H15ClN4O4S2. The predicted octanol–water partition coefficient (Wildman–Crippen LogP) is 5.84. The Kier molecular flexibility index (Phi) is 6.87. The molecule has 166 valence electrons. The van der Waals surface area contributed by atoms with Gasteiger partial charge < -0.3 is 10.6 Å². The zero-order chi connectivity index (χ0) is 23.4. The molecule has 11 heteroatoms. The first kappa shape index (κ1) is 22.7. The van der Waals surface area contributed by atoms with Crippen LogP contribution >= 0.6 is 34.7 Å². The second-order valence-corrected chi connectivity index (χ2v) is 9.46. The summed E-state index contributed by atoms with van der Waals surface area (Å²) in [5, 5.41) is 16.9. The molecule has 0 saturated carbocycles. The van der Waals surface area contributed by atoms with Crippen LogP contribution in [0.3, 0.4) is 0 Å². The molecule has 0 spiro atoms. The number of carbonyl (C=O) groups is 2. The number of nitrogens with zero attached hydrogens (tertiary/aromatic N) is 2. The van der Waals surface area contributed by atoms with E-state index in [4.69, 9.17) is 11.6 Å². The first-order chi connectivity index (χ1) is 15.9. The van der Waals surface area contributed by atoms with E-state index in [9.17, 15) is 19.7 Å². The summed E-state index contributed by atoms with van der Waals surface area (Å²) in [5.74, 6) is -0.443. The van der Waals surface area contributed by atoms with Crippen molar-refractivity contribution >= 4 is 73.8 Å². The van der Waals surface area contributed by atoms with Crippen molar-refractivity contribution < 1.29 is 14.5 Å². The maximum atomic E-state index is 12.4. The molecule has 0 aliphatic carbocycles. The fourth-order valence-electron chi connectivity index (χ4n) is 2.87. The molecule has 0 radical (unpaired) electrons. The van der Waals surface area contributed by atoms with Gasteiger partial charge in [0, 0.05) is 34.1 Å². The zero-order valence-electron chi connectivity index (χ0n) is 16.8. The number of nitrogens with one attached hydrogen (secondary N) is 2. The van der Waals surface area contributed by atoms with E-state index in [2.05, 4.69) is 15.6 Å². The van der Waals surface area contributed by atoms with Crippen LogP contribution in [0.1, 0.15) is 10.4 Å². The van der Waals surface area contributed by atoms with E-state index >= 15 is 0 Å². The lowest BCUT2D eigenvalue weighted by molar-refractivity contribution is -0.384. The molecule has 0 aliphatic rings. The van der Waals surface area contributed by atoms with E-state index in [0.29, 0.717) is 26.3 Å². The van der Waals surface area contributed by atoms with Gasteiger partial charge in [0.05, 0.1) is 20.9 Å². The number of thiazole rings is 1. The molecule has 2 amide bonds. The van der Waals surface area contributed by atoms with Gasteiger partial charge >= 0.3 is 0 Å². The largest absolute Gasteiger partial charge is 0.325 e. The van der Waals surface area contributed by atoms with Crippen LogP contribution < -0.4 is 10.6 Å². The van der Waals surface area contributed by atoms with E-state index in [1.807, 2.05) is 6.07 Å². The molecule has 0 atom stereocenters. The Morgan fingerprint density at radius 1 is 1.03 bits per heavy atom. The molecule has 1 heterocycles. The molecule has 2 N–H and O–H groups in total. The smallest absolute Gasteiger partial charge is 0.271 e. The number of anilines is 2. The minimum absolute atomic E-state index is 0.0921. The molecule has 8 nitrogen and oxygen atoms in total. The van der Waals surface area contributed by atoms with Gasteiger partial charge in [-0.2, -0.15) is 0 Å². The predicted molar refractivity (Wildman–Crippen MR) is 131 cm³/mol. The third kappa shape index (κ3) is 5.86. The molecule has 4 rings (SSSR count). The van der Waals surface area contributed by atoms with Crippen molar-refractivity contribution in [1.82, 2.24) is 4.98 Å². The highest BCUT2D eigenvalue weighted by Gasteiger charge is 2.12. The van der Waals surface area contributed by atoms with Gasteiger partial charge in [0.2, 0.25) is 5.91 Å². The lowest BCUT2D eigenvalue weighted by Gasteiger charge is -2.05. The van der Waals surface area contributed by atoms with Crippen LogP contribution in [0.25, 0.3) is 10.2 Å². The molecular weight excluding hydrogens is 484 g/mol. The van der Waals surface area contributed by atoms with Gasteiger partial charge in [-0.25, -0.2) is 4.98 Å². The number of fused-ring (bicyclic) bond motifs is 1. The van der Waals surface area contributed by atoms with Crippen LogP contribution in [0.4, 0.5) is 17.1 Å². The van der Waals surface area contributed by atoms with Gasteiger partial charge in [-0.3, -0.25) is 19.7 Å². The lowest BCUT2D eigenvalue weighted by atomic mass is 10.2. The van der Waals surface area contributed by atoms with Crippen LogP contribution in [-0.4, -0.2) is 27.5 Å². The van der Waals surface area contributed by atoms with E-state index in [1.54, 1.807) is 42.5 Å². The zero-order valence-corrected chi connectivity index (χ0v) is 19.2. The second-order valence-electron chi connectivity index (χ2n) is 6.77. The van der Waals surface area contributed by atoms with Crippen LogP contribution in [0, 0.1) is 10.1 Å². The van der Waals surface area contributed by atoms with Gasteiger partial charge in [0.1, 0.15) is 0 Å². The number of carbonyl (C=O) groups excluding carboxylic acids is 2. The van der Waals surface area contributed by atoms with Crippen LogP contribution in [0.15, 0.2) is 71.1 Å². The number of halogens is 1. The van der Waals surface area contributed by atoms with Gasteiger partial charge in [0.15, 0.2) is 4.34 Å². The average Bonchev–Trinajstić information content (AvgIpc) is 3.20. The summed E-state index contributed by atoms with van der Waals surface area (Å²) < 4.78 is 1.56. The topological polar surface area (TPSA) is 114 Å². The Bertz CT molecular complexity index is 1360. The third-order valence-corrected chi connectivity index (χ3v) is 6.81. The monoisotopic (exact) mass is 498 g/mol. The third-order valence-electron chi connectivity index (χ3n) is 4.40. The normalized spacial score (nSPS) is 10.7. The number of non-ortho nitro benzene ring substituents is 1. The van der Waals surface area contributed by atoms with E-state index < -0.39 is 4.92 Å². The SMILES string of the molecule is O=C(CSc1nc2ccc(NC(=O)c3ccc(Cl)cc3)cc2s1)Nc1cccc([N+](=O)[O-])c1. The van der Waals surface area contributed by atoms with Crippen molar-refractivity contribution in [2.45, 2.75) is 4.34 Å². The fraction of sp³-hybridized carbons (Fsp3) is 0.0455. The summed E-state index contributed by atoms with van der Waals surface area (Å²) in [6.07, 6.45) is 0. The first-order valence-corrected chi connectivity index (χ1v) is 11.7. The van der Waals surface area contributed by atoms with Crippen molar-refractivity contribution in [3.8, 4) is 0 Å². The van der Waals surface area contributed by atoms with Crippen LogP contribution in [0.2, 0.25) is 5.02 Å². The number of nitro benzene ring substituents is 1. The first-order valence-electron chi connectivity index (χ1n) is 9.52. The summed E-state index contributed by atoms with van der Waals surface area (Å²) in [6, 6.07) is 17.8. The number of hydrogen-bond acceptors (Lipinski definition) is 7. The second kappa shape index (κ2) is 9.99. The molecule has 0 bridgehead atoms. The van der Waals surface area contributed by atoms with Crippen LogP contribution in [0.5, 0.6) is 0 Å². The summed E-state index contributed by atoms with van der Waals surface area (Å²) in [7, 11) is 0. The van der Waals surface area contributed by atoms with Crippen molar-refractivity contribution in [1.29, 1.82) is 0 Å². The highest BCUT2D eigenvalue weighted by Crippen LogP contribution is 2.31. The Morgan fingerprint density at radius 2 is 1.79 bits per heavy atom. The molecule has 0 saturated heterocycles. The fourth-order valence-corrected chi connectivity index (χ4v) is 4.90. The van der Waals surface area contributed by atoms with Gasteiger partial charge in [0.25, 0.3) is 11.6 Å². The molecule has 33 heavy (non-hydrogen) atoms. The molecule has 1 aromatic heterocycles. The number of thioether (sulfide) groups is 1. The van der Waals surface area contributed by atoms with E-state index in [0.717, 1.165) is 10.2 Å². The number of amides is 2. The number of hydrogen-bond donors (Lipinski definition) is 2. The Morgan fingerprint density at radius 3 is 2.55 bits per heavy atom. The van der Waals surface area contributed by atoms with Crippen molar-refractivity contribution in [2.75, 3.05) is 16.4 Å². The Hall–Kier alpha value is -3.47. The number of aromatic nitrogens is 1. The van der Waals surface area contributed by atoms with Gasteiger partial charge in [-0.05, 0) is 48.5 Å². The highest BCUT2D eigenvalue weighted by molar-refractivity contribution is 8.01. The van der Waals surface area contributed by atoms with Crippen molar-refractivity contribution in [2.24, 2.45) is 0 Å². The lowest BCUT2D eigenvalue weighted by Crippen LogP contribution is -2.13. The highest BCUT2D eigenvalue weighted by atomic mass is 35.5. The van der Waals surface area contributed by atoms with Gasteiger partial charge in [-0.15, -0.1) is 11.3 Å². The summed E-state index contributed by atoms with van der Waals surface area (Å²) in [4.78, 5) is 39.5. The number of benzene rings is 3. The maximum absolute atomic E-state index is 12.4. The average molecular weight is 499 g/mol. The molecule has 4 aromatic rings. The number of rotatable bonds is 7. The number of nitro groups is 1. The van der Waals surface area contributed by atoms with E-state index in [1.165, 1.54) is 41.3 Å². The Balaban J connectivity index is 1.37. The minimum Gasteiger partial charge on any atom is -0.325 e. The molecule has 0 unspecified atom stereocenters. The van der Waals surface area contributed by atoms with E-state index in [-0.39, 0.29) is 23.3 Å². The van der Waals surface area contributed by atoms with Gasteiger partial charge in [-0.1, -0.05) is 29.4 Å². The van der Waals surface area contributed by atoms with Crippen LogP contribution in [-0.2, 0) is 4.79 Å². The molecule has 0 aliphatic heterocycles. The molecule has 0 fully saturated rings. The standard InChI is InChI=1S/C22H15ClN4O4S2/c23-14-6-4-13(5-7-14)21(29)25-16-8-9-18-19(11-16)33-22(26-18)32-12-20(28)24-15-2-1-3-17(10-15)27(30)31/h1-11H,12H2,(H,24,28)(H,25,29). The minimum atomic E-state index is -0.516. The summed E-state index contributed by atoms with van der Waals surface area (Å²) >= 11 is 8.53. The van der Waals surface area contributed by atoms with Crippen molar-refractivity contribution in [3.63, 3.8) is 0 Å². The summed E-state index contributed by atoms with van der Waals surface area (Å²) in [6.45, 7) is 0. The molecule has 3 aromatic carbocycles. The quantitative estimate of drug-likeness (QED) is 0.188. The summed E-state index contributed by atoms with van der Waals surface area (Å²) in [5.41, 5.74) is 2.15. The maximum Gasteiger partial charge on any atom is 0.271 e.